The summed E-state index contributed by atoms with van der Waals surface area (Å²) in [7, 11) is 0. The summed E-state index contributed by atoms with van der Waals surface area (Å²) >= 11 is 0. The van der Waals surface area contributed by atoms with Crippen LogP contribution in [0.25, 0.3) is 0 Å². The van der Waals surface area contributed by atoms with Gasteiger partial charge in [0.2, 0.25) is 0 Å². The number of amides is 1. The van der Waals surface area contributed by atoms with Crippen molar-refractivity contribution in [1.82, 2.24) is 5.32 Å². The first kappa shape index (κ1) is 18.5. The Morgan fingerprint density at radius 1 is 1.32 bits per heavy atom. The van der Waals surface area contributed by atoms with Crippen LogP contribution in [0.5, 0.6) is 5.75 Å². The predicted octanol–water partition coefficient (Wildman–Crippen LogP) is 4.32. The fraction of sp³-hybridized carbons (Fsp3) is 0.476. The van der Waals surface area contributed by atoms with Crippen molar-refractivity contribution < 1.29 is 18.9 Å². The van der Waals surface area contributed by atoms with Gasteiger partial charge < -0.3 is 14.5 Å². The molecule has 2 saturated carbocycles. The van der Waals surface area contributed by atoms with Gasteiger partial charge >= 0.3 is 0 Å². The average molecular weight is 384 g/mol. The number of hydrogen-bond acceptors (Lipinski definition) is 5. The van der Waals surface area contributed by atoms with Crippen molar-refractivity contribution in [1.29, 1.82) is 0 Å². The zero-order chi connectivity index (χ0) is 19.7. The molecule has 0 saturated heterocycles. The van der Waals surface area contributed by atoms with Crippen LogP contribution in [0.4, 0.5) is 5.69 Å². The lowest BCUT2D eigenvalue weighted by atomic mass is 9.84. The molecule has 7 heteroatoms. The monoisotopic (exact) mass is 384 g/mol. The van der Waals surface area contributed by atoms with Crippen LogP contribution in [0.15, 0.2) is 40.8 Å². The molecular formula is C21H24N2O5. The van der Waals surface area contributed by atoms with E-state index in [-0.39, 0.29) is 30.0 Å². The Labute approximate surface area is 163 Å². The Bertz CT molecular complexity index is 877. The number of nitrogens with one attached hydrogen (secondary N) is 1. The fourth-order valence-corrected chi connectivity index (χ4v) is 4.71. The maximum Gasteiger partial charge on any atom is 0.287 e. The van der Waals surface area contributed by atoms with Crippen LogP contribution in [0.2, 0.25) is 0 Å². The summed E-state index contributed by atoms with van der Waals surface area (Å²) < 4.78 is 11.1. The van der Waals surface area contributed by atoms with Gasteiger partial charge in [-0.05, 0) is 62.1 Å². The number of nitro benzene ring substituents is 1. The number of hydrogen-bond donors (Lipinski definition) is 1. The van der Waals surface area contributed by atoms with Gasteiger partial charge in [-0.25, -0.2) is 0 Å². The quantitative estimate of drug-likeness (QED) is 0.567. The SMILES string of the molecule is C[C@@H](NC(=O)c1ccc(COc2cccc([N+](=O)[O-])c2)o1)[C@H]1C[C@@H]2CC[C@@H]1C2. The van der Waals surface area contributed by atoms with Crippen molar-refractivity contribution in [3.63, 3.8) is 0 Å². The highest BCUT2D eigenvalue weighted by atomic mass is 16.6. The van der Waals surface area contributed by atoms with Crippen LogP contribution < -0.4 is 10.1 Å². The highest BCUT2D eigenvalue weighted by Crippen LogP contribution is 2.49. The normalized spacial score (nSPS) is 24.1. The van der Waals surface area contributed by atoms with Gasteiger partial charge in [0.1, 0.15) is 18.1 Å². The first-order chi connectivity index (χ1) is 13.5. The van der Waals surface area contributed by atoms with Gasteiger partial charge in [0.15, 0.2) is 5.76 Å². The van der Waals surface area contributed by atoms with Crippen LogP contribution in [0.3, 0.4) is 0 Å². The molecule has 1 aromatic carbocycles. The van der Waals surface area contributed by atoms with Crippen LogP contribution in [0, 0.1) is 27.9 Å². The first-order valence-electron chi connectivity index (χ1n) is 9.76. The highest BCUT2D eigenvalue weighted by molar-refractivity contribution is 5.91. The number of nitrogens with zero attached hydrogens (tertiary/aromatic N) is 1. The summed E-state index contributed by atoms with van der Waals surface area (Å²) in [5, 5.41) is 13.9. The molecule has 0 unspecified atom stereocenters. The number of nitro groups is 1. The van der Waals surface area contributed by atoms with Gasteiger partial charge in [-0.2, -0.15) is 0 Å². The van der Waals surface area contributed by atoms with E-state index in [1.54, 1.807) is 24.3 Å². The molecule has 0 spiro atoms. The lowest BCUT2D eigenvalue weighted by Gasteiger charge is -2.28. The highest BCUT2D eigenvalue weighted by Gasteiger charge is 2.42. The van der Waals surface area contributed by atoms with E-state index in [9.17, 15) is 14.9 Å². The third-order valence-electron chi connectivity index (χ3n) is 6.09. The Morgan fingerprint density at radius 2 is 2.18 bits per heavy atom. The molecule has 2 aliphatic rings. The van der Waals surface area contributed by atoms with Gasteiger partial charge in [0.25, 0.3) is 11.6 Å². The molecule has 1 heterocycles. The van der Waals surface area contributed by atoms with Gasteiger partial charge in [-0.1, -0.05) is 12.5 Å². The molecular weight excluding hydrogens is 360 g/mol. The van der Waals surface area contributed by atoms with E-state index < -0.39 is 4.92 Å². The summed E-state index contributed by atoms with van der Waals surface area (Å²) in [5.74, 6) is 3.07. The minimum atomic E-state index is -0.473. The van der Waals surface area contributed by atoms with Crippen LogP contribution >= 0.6 is 0 Å². The van der Waals surface area contributed by atoms with Crippen molar-refractivity contribution in [2.75, 3.05) is 0 Å². The zero-order valence-electron chi connectivity index (χ0n) is 15.8. The molecule has 2 fully saturated rings. The smallest absolute Gasteiger partial charge is 0.287 e. The molecule has 0 radical (unpaired) electrons. The lowest BCUT2D eigenvalue weighted by molar-refractivity contribution is -0.384. The standard InChI is InChI=1S/C21H24N2O5/c1-13(19-10-14-5-6-15(19)9-14)22-21(24)20-8-7-18(28-20)12-27-17-4-2-3-16(11-17)23(25)26/h2-4,7-8,11,13-15,19H,5-6,9-10,12H2,1H3,(H,22,24)/t13-,14-,15-,19-/m1/s1. The number of ether oxygens (including phenoxy) is 1. The van der Waals surface area contributed by atoms with Gasteiger partial charge in [-0.15, -0.1) is 0 Å². The van der Waals surface area contributed by atoms with Crippen LogP contribution in [-0.4, -0.2) is 16.9 Å². The molecule has 1 N–H and O–H groups in total. The second-order valence-corrected chi connectivity index (χ2v) is 7.91. The molecule has 2 bridgehead atoms. The van der Waals surface area contributed by atoms with Gasteiger partial charge in [0.05, 0.1) is 11.0 Å². The van der Waals surface area contributed by atoms with E-state index in [1.165, 1.54) is 37.8 Å². The summed E-state index contributed by atoms with van der Waals surface area (Å²) in [4.78, 5) is 22.8. The van der Waals surface area contributed by atoms with E-state index in [1.807, 2.05) is 0 Å². The summed E-state index contributed by atoms with van der Waals surface area (Å²) in [6, 6.07) is 9.42. The summed E-state index contributed by atoms with van der Waals surface area (Å²) in [5.41, 5.74) is -0.0355. The Morgan fingerprint density at radius 3 is 2.89 bits per heavy atom. The number of fused-ring (bicyclic) bond motifs is 2. The first-order valence-corrected chi connectivity index (χ1v) is 9.76. The predicted molar refractivity (Wildman–Crippen MR) is 102 cm³/mol. The fourth-order valence-electron chi connectivity index (χ4n) is 4.71. The Hall–Kier alpha value is -2.83. The minimum Gasteiger partial charge on any atom is -0.485 e. The van der Waals surface area contributed by atoms with Crippen LogP contribution in [-0.2, 0) is 6.61 Å². The van der Waals surface area contributed by atoms with Crippen molar-refractivity contribution in [3.05, 3.63) is 58.0 Å². The maximum atomic E-state index is 12.5. The third-order valence-corrected chi connectivity index (χ3v) is 6.09. The topological polar surface area (TPSA) is 94.6 Å². The molecule has 148 valence electrons. The second kappa shape index (κ2) is 7.66. The average Bonchev–Trinajstić information content (AvgIpc) is 3.43. The van der Waals surface area contributed by atoms with Crippen molar-refractivity contribution in [3.8, 4) is 5.75 Å². The zero-order valence-corrected chi connectivity index (χ0v) is 15.8. The summed E-state index contributed by atoms with van der Waals surface area (Å²) in [6.45, 7) is 2.18. The number of furan rings is 1. The third kappa shape index (κ3) is 3.88. The molecule has 4 rings (SSSR count). The maximum absolute atomic E-state index is 12.5. The molecule has 7 nitrogen and oxygen atoms in total. The van der Waals surface area contributed by atoms with Crippen molar-refractivity contribution in [2.24, 2.45) is 17.8 Å². The van der Waals surface area contributed by atoms with E-state index in [0.29, 0.717) is 17.4 Å². The molecule has 0 aliphatic heterocycles. The van der Waals surface area contributed by atoms with Crippen LogP contribution in [0.1, 0.15) is 48.9 Å². The number of benzene rings is 1. The number of carbonyl (C=O) groups is 1. The number of non-ortho nitro benzene ring substituents is 1. The van der Waals surface area contributed by atoms with E-state index >= 15 is 0 Å². The van der Waals surface area contributed by atoms with E-state index in [4.69, 9.17) is 9.15 Å². The van der Waals surface area contributed by atoms with Gasteiger partial charge in [-0.3, -0.25) is 14.9 Å². The summed E-state index contributed by atoms with van der Waals surface area (Å²) in [6.07, 6.45) is 5.15. The van der Waals surface area contributed by atoms with Gasteiger partial charge in [0, 0.05) is 12.1 Å². The largest absolute Gasteiger partial charge is 0.485 e. The van der Waals surface area contributed by atoms with Crippen molar-refractivity contribution >= 4 is 11.6 Å². The Kier molecular flexibility index (Phi) is 5.07. The molecule has 2 aromatic rings. The lowest BCUT2D eigenvalue weighted by Crippen LogP contribution is -2.40. The molecule has 1 aromatic heterocycles. The van der Waals surface area contributed by atoms with E-state index in [2.05, 4.69) is 12.2 Å². The van der Waals surface area contributed by atoms with Crippen molar-refractivity contribution in [2.45, 2.75) is 45.3 Å². The van der Waals surface area contributed by atoms with E-state index in [0.717, 1.165) is 11.8 Å². The second-order valence-electron chi connectivity index (χ2n) is 7.91. The Balaban J connectivity index is 1.31. The molecule has 4 atom stereocenters. The molecule has 1 amide bonds. The minimum absolute atomic E-state index is 0.0355. The molecule has 2 aliphatic carbocycles. The number of rotatable bonds is 7. The molecule has 28 heavy (non-hydrogen) atoms. The number of carbonyl (C=O) groups excluding carboxylic acids is 1.